The zero-order valence-corrected chi connectivity index (χ0v) is 15.5. The molecule has 0 spiro atoms. The van der Waals surface area contributed by atoms with Gasteiger partial charge >= 0.3 is 0 Å². The summed E-state index contributed by atoms with van der Waals surface area (Å²) < 4.78 is 1.14. The number of hydrogen-bond acceptors (Lipinski definition) is 5. The minimum absolute atomic E-state index is 0.0226. The van der Waals surface area contributed by atoms with Crippen LogP contribution >= 0.6 is 23.5 Å². The van der Waals surface area contributed by atoms with Crippen molar-refractivity contribution in [1.82, 2.24) is 10.2 Å². The van der Waals surface area contributed by atoms with E-state index >= 15 is 0 Å². The molecule has 4 nitrogen and oxygen atoms in total. The molecular formula is C17H25N3OS2. The molecule has 23 heavy (non-hydrogen) atoms. The molecule has 0 fully saturated rings. The molecule has 2 rings (SSSR count). The molecule has 0 unspecified atom stereocenters. The van der Waals surface area contributed by atoms with Crippen LogP contribution in [-0.2, 0) is 5.75 Å². The molecule has 1 heterocycles. The molecule has 1 aliphatic rings. The average Bonchev–Trinajstić information content (AvgIpc) is 3.10. The first-order chi connectivity index (χ1) is 11.2. The van der Waals surface area contributed by atoms with Crippen molar-refractivity contribution in [2.45, 2.75) is 19.6 Å². The highest BCUT2D eigenvalue weighted by molar-refractivity contribution is 8.38. The Bertz CT molecular complexity index is 544. The molecule has 1 amide bonds. The van der Waals surface area contributed by atoms with Gasteiger partial charge in [-0.1, -0.05) is 55.6 Å². The number of carbonyl (C=O) groups is 1. The van der Waals surface area contributed by atoms with Crippen LogP contribution in [0.2, 0.25) is 0 Å². The first kappa shape index (κ1) is 18.4. The standard InChI is InChI=1S/C17H25N3OS2/c1-3-20(4-2)11-9-18-16(21)15-8-6-5-7-14(15)13-23-17-19-10-12-22-17/h5-8H,3-4,9-13H2,1-2H3,(H,18,21). The number of carbonyl (C=O) groups excluding carboxylic acids is 1. The molecule has 1 aromatic rings. The van der Waals surface area contributed by atoms with Gasteiger partial charge in [0.15, 0.2) is 0 Å². The molecule has 0 aliphatic carbocycles. The number of rotatable bonds is 8. The molecule has 1 N–H and O–H groups in total. The maximum atomic E-state index is 12.4. The Morgan fingerprint density at radius 2 is 2.13 bits per heavy atom. The Morgan fingerprint density at radius 3 is 2.83 bits per heavy atom. The number of hydrogen-bond donors (Lipinski definition) is 1. The van der Waals surface area contributed by atoms with E-state index in [9.17, 15) is 4.79 Å². The minimum Gasteiger partial charge on any atom is -0.351 e. The zero-order valence-electron chi connectivity index (χ0n) is 13.9. The molecular weight excluding hydrogens is 326 g/mol. The van der Waals surface area contributed by atoms with Crippen LogP contribution in [0.25, 0.3) is 0 Å². The van der Waals surface area contributed by atoms with Gasteiger partial charge in [0.25, 0.3) is 5.91 Å². The number of nitrogens with one attached hydrogen (secondary N) is 1. The number of benzene rings is 1. The number of nitrogens with zero attached hydrogens (tertiary/aromatic N) is 2. The van der Waals surface area contributed by atoms with Crippen molar-refractivity contribution in [3.05, 3.63) is 35.4 Å². The maximum absolute atomic E-state index is 12.4. The first-order valence-corrected chi connectivity index (χ1v) is 10.1. The van der Waals surface area contributed by atoms with Crippen LogP contribution < -0.4 is 5.32 Å². The number of amides is 1. The van der Waals surface area contributed by atoms with Gasteiger partial charge < -0.3 is 10.2 Å². The number of aliphatic imine (C=N–C) groups is 1. The van der Waals surface area contributed by atoms with Crippen LogP contribution in [0.5, 0.6) is 0 Å². The van der Waals surface area contributed by atoms with Gasteiger partial charge in [0, 0.05) is 30.2 Å². The highest BCUT2D eigenvalue weighted by Gasteiger charge is 2.13. The predicted molar refractivity (Wildman–Crippen MR) is 103 cm³/mol. The molecule has 0 bridgehead atoms. The van der Waals surface area contributed by atoms with Gasteiger partial charge in [0.1, 0.15) is 4.38 Å². The normalized spacial score (nSPS) is 14.1. The lowest BCUT2D eigenvalue weighted by Crippen LogP contribution is -2.35. The largest absolute Gasteiger partial charge is 0.351 e. The van der Waals surface area contributed by atoms with Crippen LogP contribution in [0, 0.1) is 0 Å². The van der Waals surface area contributed by atoms with Gasteiger partial charge in [0.05, 0.1) is 6.54 Å². The Morgan fingerprint density at radius 1 is 1.35 bits per heavy atom. The molecule has 126 valence electrons. The molecule has 0 saturated carbocycles. The van der Waals surface area contributed by atoms with E-state index in [4.69, 9.17) is 0 Å². The molecule has 0 aromatic heterocycles. The molecule has 1 aliphatic heterocycles. The molecule has 0 atom stereocenters. The van der Waals surface area contributed by atoms with Crippen molar-refractivity contribution in [3.8, 4) is 0 Å². The fourth-order valence-corrected chi connectivity index (χ4v) is 4.39. The topological polar surface area (TPSA) is 44.7 Å². The smallest absolute Gasteiger partial charge is 0.251 e. The van der Waals surface area contributed by atoms with E-state index in [1.807, 2.05) is 24.3 Å². The van der Waals surface area contributed by atoms with E-state index in [1.165, 1.54) is 0 Å². The van der Waals surface area contributed by atoms with E-state index in [0.717, 1.165) is 53.2 Å². The van der Waals surface area contributed by atoms with Crippen molar-refractivity contribution in [2.75, 3.05) is 38.5 Å². The summed E-state index contributed by atoms with van der Waals surface area (Å²) in [6.45, 7) is 8.80. The van der Waals surface area contributed by atoms with Gasteiger partial charge in [-0.3, -0.25) is 9.79 Å². The maximum Gasteiger partial charge on any atom is 0.251 e. The average molecular weight is 352 g/mol. The molecule has 6 heteroatoms. The molecule has 0 radical (unpaired) electrons. The van der Waals surface area contributed by atoms with E-state index in [0.29, 0.717) is 6.54 Å². The Kier molecular flexibility index (Phi) is 7.99. The first-order valence-electron chi connectivity index (χ1n) is 8.13. The summed E-state index contributed by atoms with van der Waals surface area (Å²) in [6, 6.07) is 7.86. The van der Waals surface area contributed by atoms with Crippen LogP contribution in [0.1, 0.15) is 29.8 Å². The highest BCUT2D eigenvalue weighted by atomic mass is 32.2. The summed E-state index contributed by atoms with van der Waals surface area (Å²) in [5.41, 5.74) is 1.86. The summed E-state index contributed by atoms with van der Waals surface area (Å²) >= 11 is 3.53. The summed E-state index contributed by atoms with van der Waals surface area (Å²) in [5, 5.41) is 3.04. The van der Waals surface area contributed by atoms with Crippen LogP contribution in [0.3, 0.4) is 0 Å². The summed E-state index contributed by atoms with van der Waals surface area (Å²) in [6.07, 6.45) is 0. The third-order valence-corrected chi connectivity index (χ3v) is 6.08. The third-order valence-electron chi connectivity index (χ3n) is 3.78. The van der Waals surface area contributed by atoms with E-state index < -0.39 is 0 Å². The third kappa shape index (κ3) is 5.86. The van der Waals surface area contributed by atoms with Crippen molar-refractivity contribution >= 4 is 33.8 Å². The summed E-state index contributed by atoms with van der Waals surface area (Å²) in [7, 11) is 0. The molecule has 1 aromatic carbocycles. The van der Waals surface area contributed by atoms with Gasteiger partial charge in [-0.15, -0.1) is 0 Å². The summed E-state index contributed by atoms with van der Waals surface area (Å²) in [4.78, 5) is 19.2. The Labute approximate surface area is 147 Å². The van der Waals surface area contributed by atoms with Crippen molar-refractivity contribution in [1.29, 1.82) is 0 Å². The SMILES string of the molecule is CCN(CC)CCNC(=O)c1ccccc1CSC1=NCCS1. The molecule has 0 saturated heterocycles. The Balaban J connectivity index is 1.89. The van der Waals surface area contributed by atoms with E-state index in [-0.39, 0.29) is 5.91 Å². The van der Waals surface area contributed by atoms with Crippen LogP contribution in [-0.4, -0.2) is 53.7 Å². The second kappa shape index (κ2) is 10.0. The fraction of sp³-hybridized carbons (Fsp3) is 0.529. The van der Waals surface area contributed by atoms with Gasteiger partial charge in [-0.25, -0.2) is 0 Å². The minimum atomic E-state index is 0.0226. The van der Waals surface area contributed by atoms with Gasteiger partial charge in [-0.2, -0.15) is 0 Å². The number of thioether (sulfide) groups is 2. The fourth-order valence-electron chi connectivity index (χ4n) is 2.37. The van der Waals surface area contributed by atoms with Crippen molar-refractivity contribution in [3.63, 3.8) is 0 Å². The lowest BCUT2D eigenvalue weighted by atomic mass is 10.1. The zero-order chi connectivity index (χ0) is 16.5. The highest BCUT2D eigenvalue weighted by Crippen LogP contribution is 2.26. The second-order valence-corrected chi connectivity index (χ2v) is 7.53. The quantitative estimate of drug-likeness (QED) is 0.782. The van der Waals surface area contributed by atoms with Crippen molar-refractivity contribution < 1.29 is 4.79 Å². The lowest BCUT2D eigenvalue weighted by Gasteiger charge is -2.18. The van der Waals surface area contributed by atoms with E-state index in [2.05, 4.69) is 29.1 Å². The van der Waals surface area contributed by atoms with Crippen molar-refractivity contribution in [2.24, 2.45) is 4.99 Å². The lowest BCUT2D eigenvalue weighted by molar-refractivity contribution is 0.0948. The predicted octanol–water partition coefficient (Wildman–Crippen LogP) is 3.09. The second-order valence-electron chi connectivity index (χ2n) is 5.22. The monoisotopic (exact) mass is 351 g/mol. The Hall–Kier alpha value is -0.980. The van der Waals surface area contributed by atoms with Gasteiger partial charge in [-0.05, 0) is 24.7 Å². The summed E-state index contributed by atoms with van der Waals surface area (Å²) in [5.74, 6) is 1.90. The number of likely N-dealkylation sites (N-methyl/N-ethyl adjacent to an activating group) is 1. The van der Waals surface area contributed by atoms with E-state index in [1.54, 1.807) is 23.5 Å². The van der Waals surface area contributed by atoms with Crippen LogP contribution in [0.15, 0.2) is 29.3 Å². The van der Waals surface area contributed by atoms with Crippen LogP contribution in [0.4, 0.5) is 0 Å². The van der Waals surface area contributed by atoms with Gasteiger partial charge in [0.2, 0.25) is 0 Å².